The fraction of sp³-hybridized carbons (Fsp3) is 0.188. The Morgan fingerprint density at radius 3 is 2.70 bits per heavy atom. The monoisotopic (exact) mass is 270 g/mol. The standard InChI is InChI=1S/C16H15FN2O/c1-10(11-2-5-13(18)6-3-11)8-16-19-14-7-4-12(17)9-15(14)20-16/h2-7,9-10H,8,18H2,1H3. The molecule has 102 valence electrons. The van der Waals surface area contributed by atoms with Gasteiger partial charge >= 0.3 is 0 Å². The second-order valence-corrected chi connectivity index (χ2v) is 4.99. The second kappa shape index (κ2) is 4.96. The van der Waals surface area contributed by atoms with E-state index in [9.17, 15) is 4.39 Å². The first kappa shape index (κ1) is 12.7. The molecule has 0 fully saturated rings. The van der Waals surface area contributed by atoms with Gasteiger partial charge in [0.15, 0.2) is 11.5 Å². The SMILES string of the molecule is CC(Cc1nc2ccc(F)cc2o1)c1ccc(N)cc1. The molecule has 4 heteroatoms. The minimum atomic E-state index is -0.313. The summed E-state index contributed by atoms with van der Waals surface area (Å²) in [6, 6.07) is 12.1. The summed E-state index contributed by atoms with van der Waals surface area (Å²) in [6.07, 6.45) is 0.667. The van der Waals surface area contributed by atoms with Crippen molar-refractivity contribution in [2.24, 2.45) is 0 Å². The molecule has 2 aromatic carbocycles. The Balaban J connectivity index is 1.83. The van der Waals surface area contributed by atoms with E-state index in [-0.39, 0.29) is 11.7 Å². The molecule has 3 nitrogen and oxygen atoms in total. The Morgan fingerprint density at radius 2 is 1.95 bits per heavy atom. The molecule has 0 saturated heterocycles. The van der Waals surface area contributed by atoms with Crippen molar-refractivity contribution in [2.45, 2.75) is 19.3 Å². The highest BCUT2D eigenvalue weighted by atomic mass is 19.1. The van der Waals surface area contributed by atoms with E-state index in [0.29, 0.717) is 23.4 Å². The molecule has 1 aromatic heterocycles. The zero-order valence-electron chi connectivity index (χ0n) is 11.1. The maximum Gasteiger partial charge on any atom is 0.196 e. The summed E-state index contributed by atoms with van der Waals surface area (Å²) >= 11 is 0. The van der Waals surface area contributed by atoms with Crippen LogP contribution in [-0.4, -0.2) is 4.98 Å². The second-order valence-electron chi connectivity index (χ2n) is 4.99. The molecule has 0 radical (unpaired) electrons. The predicted molar refractivity (Wildman–Crippen MR) is 76.9 cm³/mol. The molecule has 1 unspecified atom stereocenters. The Hall–Kier alpha value is -2.36. The zero-order valence-corrected chi connectivity index (χ0v) is 11.1. The summed E-state index contributed by atoms with van der Waals surface area (Å²) < 4.78 is 18.7. The van der Waals surface area contributed by atoms with Crippen LogP contribution >= 0.6 is 0 Å². The molecule has 0 amide bonds. The number of anilines is 1. The van der Waals surface area contributed by atoms with Crippen molar-refractivity contribution in [3.8, 4) is 0 Å². The molecule has 2 N–H and O–H groups in total. The summed E-state index contributed by atoms with van der Waals surface area (Å²) in [4.78, 5) is 4.38. The molecule has 0 aliphatic rings. The van der Waals surface area contributed by atoms with Crippen LogP contribution in [0.2, 0.25) is 0 Å². The first-order valence-electron chi connectivity index (χ1n) is 6.52. The van der Waals surface area contributed by atoms with Gasteiger partial charge in [0.1, 0.15) is 11.3 Å². The van der Waals surface area contributed by atoms with Gasteiger partial charge in [0.2, 0.25) is 0 Å². The molecule has 0 aliphatic heterocycles. The minimum absolute atomic E-state index is 0.258. The van der Waals surface area contributed by atoms with Crippen LogP contribution in [-0.2, 0) is 6.42 Å². The number of benzene rings is 2. The number of nitrogens with zero attached hydrogens (tertiary/aromatic N) is 1. The van der Waals surface area contributed by atoms with Crippen molar-refractivity contribution in [3.63, 3.8) is 0 Å². The lowest BCUT2D eigenvalue weighted by Gasteiger charge is -2.09. The Kier molecular flexibility index (Phi) is 3.14. The lowest BCUT2D eigenvalue weighted by Crippen LogP contribution is -1.99. The molecule has 20 heavy (non-hydrogen) atoms. The fourth-order valence-electron chi connectivity index (χ4n) is 2.24. The smallest absolute Gasteiger partial charge is 0.196 e. The highest BCUT2D eigenvalue weighted by Gasteiger charge is 2.12. The molecule has 3 rings (SSSR count). The number of aromatic nitrogens is 1. The quantitative estimate of drug-likeness (QED) is 0.734. The van der Waals surface area contributed by atoms with E-state index >= 15 is 0 Å². The Labute approximate surface area is 116 Å². The lowest BCUT2D eigenvalue weighted by atomic mass is 9.98. The summed E-state index contributed by atoms with van der Waals surface area (Å²) in [5.41, 5.74) is 8.78. The summed E-state index contributed by atoms with van der Waals surface area (Å²) in [7, 11) is 0. The molecular weight excluding hydrogens is 255 g/mol. The molecular formula is C16H15FN2O. The van der Waals surface area contributed by atoms with Crippen LogP contribution in [0.4, 0.5) is 10.1 Å². The van der Waals surface area contributed by atoms with Gasteiger partial charge in [-0.25, -0.2) is 9.37 Å². The lowest BCUT2D eigenvalue weighted by molar-refractivity contribution is 0.506. The van der Waals surface area contributed by atoms with Gasteiger partial charge in [-0.2, -0.15) is 0 Å². The van der Waals surface area contributed by atoms with E-state index in [4.69, 9.17) is 10.2 Å². The number of hydrogen-bond donors (Lipinski definition) is 1. The van der Waals surface area contributed by atoms with E-state index in [1.807, 2.05) is 24.3 Å². The van der Waals surface area contributed by atoms with E-state index < -0.39 is 0 Å². The highest BCUT2D eigenvalue weighted by molar-refractivity contribution is 5.72. The normalized spacial score (nSPS) is 12.7. The summed E-state index contributed by atoms with van der Waals surface area (Å²) in [6.45, 7) is 2.10. The van der Waals surface area contributed by atoms with Gasteiger partial charge in [0, 0.05) is 18.2 Å². The van der Waals surface area contributed by atoms with Crippen LogP contribution in [0.5, 0.6) is 0 Å². The van der Waals surface area contributed by atoms with Gasteiger partial charge in [0.25, 0.3) is 0 Å². The number of fused-ring (bicyclic) bond motifs is 1. The van der Waals surface area contributed by atoms with Crippen LogP contribution < -0.4 is 5.73 Å². The van der Waals surface area contributed by atoms with Crippen molar-refractivity contribution in [3.05, 3.63) is 59.7 Å². The van der Waals surface area contributed by atoms with Crippen molar-refractivity contribution in [2.75, 3.05) is 5.73 Å². The van der Waals surface area contributed by atoms with Crippen LogP contribution in [0.1, 0.15) is 24.3 Å². The molecule has 0 saturated carbocycles. The summed E-state index contributed by atoms with van der Waals surface area (Å²) in [5.74, 6) is 0.565. The first-order valence-corrected chi connectivity index (χ1v) is 6.52. The van der Waals surface area contributed by atoms with Gasteiger partial charge in [-0.15, -0.1) is 0 Å². The third-order valence-electron chi connectivity index (χ3n) is 3.38. The third-order valence-corrected chi connectivity index (χ3v) is 3.38. The maximum absolute atomic E-state index is 13.1. The molecule has 1 atom stereocenters. The topological polar surface area (TPSA) is 52.0 Å². The number of halogens is 1. The van der Waals surface area contributed by atoms with Crippen molar-refractivity contribution in [1.82, 2.24) is 4.98 Å². The minimum Gasteiger partial charge on any atom is -0.441 e. The van der Waals surface area contributed by atoms with Gasteiger partial charge in [-0.05, 0) is 35.7 Å². The van der Waals surface area contributed by atoms with Crippen molar-refractivity contribution < 1.29 is 8.81 Å². The van der Waals surface area contributed by atoms with Gasteiger partial charge in [-0.1, -0.05) is 19.1 Å². The van der Waals surface area contributed by atoms with E-state index in [2.05, 4.69) is 11.9 Å². The first-order chi connectivity index (χ1) is 9.61. The third kappa shape index (κ3) is 2.50. The molecule has 1 heterocycles. The number of oxazole rings is 1. The van der Waals surface area contributed by atoms with E-state index in [1.165, 1.54) is 17.7 Å². The maximum atomic E-state index is 13.1. The van der Waals surface area contributed by atoms with Crippen molar-refractivity contribution in [1.29, 1.82) is 0 Å². The number of nitrogen functional groups attached to an aromatic ring is 1. The predicted octanol–water partition coefficient (Wildman–Crippen LogP) is 3.90. The molecule has 3 aromatic rings. The Morgan fingerprint density at radius 1 is 1.20 bits per heavy atom. The Bertz CT molecular complexity index is 734. The largest absolute Gasteiger partial charge is 0.441 e. The molecule has 0 bridgehead atoms. The molecule has 0 spiro atoms. The zero-order chi connectivity index (χ0) is 14.1. The number of rotatable bonds is 3. The average Bonchev–Trinajstić information content (AvgIpc) is 2.80. The van der Waals surface area contributed by atoms with E-state index in [1.54, 1.807) is 6.07 Å². The van der Waals surface area contributed by atoms with Crippen molar-refractivity contribution >= 4 is 16.8 Å². The van der Waals surface area contributed by atoms with Crippen LogP contribution in [0.15, 0.2) is 46.9 Å². The average molecular weight is 270 g/mol. The van der Waals surface area contributed by atoms with Gasteiger partial charge < -0.3 is 10.2 Å². The van der Waals surface area contributed by atoms with Gasteiger partial charge in [-0.3, -0.25) is 0 Å². The summed E-state index contributed by atoms with van der Waals surface area (Å²) in [5, 5.41) is 0. The number of hydrogen-bond acceptors (Lipinski definition) is 3. The van der Waals surface area contributed by atoms with Gasteiger partial charge in [0.05, 0.1) is 0 Å². The van der Waals surface area contributed by atoms with Crippen LogP contribution in [0.3, 0.4) is 0 Å². The fourth-order valence-corrected chi connectivity index (χ4v) is 2.24. The highest BCUT2D eigenvalue weighted by Crippen LogP contribution is 2.24. The number of nitrogens with two attached hydrogens (primary N) is 1. The van der Waals surface area contributed by atoms with Crippen LogP contribution in [0, 0.1) is 5.82 Å². The van der Waals surface area contributed by atoms with E-state index in [0.717, 1.165) is 5.69 Å². The molecule has 0 aliphatic carbocycles. The van der Waals surface area contributed by atoms with Crippen LogP contribution in [0.25, 0.3) is 11.1 Å².